The quantitative estimate of drug-likeness (QED) is 0.616. The number of thioether (sulfide) groups is 1. The summed E-state index contributed by atoms with van der Waals surface area (Å²) in [5, 5.41) is 1.06. The Morgan fingerprint density at radius 3 is 2.47 bits per heavy atom. The SMILES string of the molecule is CC(C)CSc1cc(Br)nc(C(C)C)n1. The van der Waals surface area contributed by atoms with Crippen LogP contribution in [0.2, 0.25) is 0 Å². The van der Waals surface area contributed by atoms with Crippen molar-refractivity contribution in [1.82, 2.24) is 9.97 Å². The van der Waals surface area contributed by atoms with Crippen molar-refractivity contribution in [2.24, 2.45) is 5.92 Å². The Morgan fingerprint density at radius 1 is 1.27 bits per heavy atom. The van der Waals surface area contributed by atoms with Gasteiger partial charge in [-0.3, -0.25) is 0 Å². The highest BCUT2D eigenvalue weighted by molar-refractivity contribution is 9.10. The van der Waals surface area contributed by atoms with E-state index < -0.39 is 0 Å². The molecule has 15 heavy (non-hydrogen) atoms. The van der Waals surface area contributed by atoms with Crippen LogP contribution in [0.15, 0.2) is 15.7 Å². The lowest BCUT2D eigenvalue weighted by atomic mass is 10.2. The van der Waals surface area contributed by atoms with Crippen molar-refractivity contribution in [3.05, 3.63) is 16.5 Å². The van der Waals surface area contributed by atoms with Crippen molar-refractivity contribution < 1.29 is 0 Å². The van der Waals surface area contributed by atoms with Crippen molar-refractivity contribution in [3.8, 4) is 0 Å². The summed E-state index contributed by atoms with van der Waals surface area (Å²) in [5.74, 6) is 3.07. The number of halogens is 1. The van der Waals surface area contributed by atoms with E-state index >= 15 is 0 Å². The standard InChI is InChI=1S/C11H17BrN2S/c1-7(2)6-15-10-5-9(12)13-11(14-10)8(3)4/h5,7-8H,6H2,1-4H3. The summed E-state index contributed by atoms with van der Waals surface area (Å²) in [7, 11) is 0. The fraction of sp³-hybridized carbons (Fsp3) is 0.636. The van der Waals surface area contributed by atoms with Crippen LogP contribution < -0.4 is 0 Å². The molecule has 0 radical (unpaired) electrons. The van der Waals surface area contributed by atoms with Gasteiger partial charge in [0.15, 0.2) is 0 Å². The molecule has 1 aromatic heterocycles. The first-order valence-electron chi connectivity index (χ1n) is 5.16. The second-order valence-corrected chi connectivity index (χ2v) is 6.10. The van der Waals surface area contributed by atoms with Gasteiger partial charge in [0.2, 0.25) is 0 Å². The van der Waals surface area contributed by atoms with Gasteiger partial charge in [0.05, 0.1) is 0 Å². The smallest absolute Gasteiger partial charge is 0.133 e. The molecule has 0 saturated carbocycles. The zero-order chi connectivity index (χ0) is 11.4. The average Bonchev–Trinajstić information content (AvgIpc) is 2.13. The zero-order valence-electron chi connectivity index (χ0n) is 9.62. The molecule has 84 valence electrons. The highest BCUT2D eigenvalue weighted by Gasteiger charge is 2.07. The molecule has 1 rings (SSSR count). The minimum Gasteiger partial charge on any atom is -0.226 e. The van der Waals surface area contributed by atoms with E-state index in [2.05, 4.69) is 53.6 Å². The average molecular weight is 289 g/mol. The van der Waals surface area contributed by atoms with Crippen molar-refractivity contribution >= 4 is 27.7 Å². The highest BCUT2D eigenvalue weighted by atomic mass is 79.9. The zero-order valence-corrected chi connectivity index (χ0v) is 12.0. The van der Waals surface area contributed by atoms with E-state index in [1.165, 1.54) is 0 Å². The maximum Gasteiger partial charge on any atom is 0.133 e. The van der Waals surface area contributed by atoms with Gasteiger partial charge < -0.3 is 0 Å². The van der Waals surface area contributed by atoms with Gasteiger partial charge in [-0.15, -0.1) is 11.8 Å². The van der Waals surface area contributed by atoms with Crippen molar-refractivity contribution in [2.45, 2.75) is 38.6 Å². The molecule has 0 bridgehead atoms. The monoisotopic (exact) mass is 288 g/mol. The van der Waals surface area contributed by atoms with Gasteiger partial charge in [0, 0.05) is 17.7 Å². The van der Waals surface area contributed by atoms with E-state index in [1.54, 1.807) is 11.8 Å². The summed E-state index contributed by atoms with van der Waals surface area (Å²) in [4.78, 5) is 8.88. The molecule has 0 unspecified atom stereocenters. The predicted octanol–water partition coefficient (Wildman–Crippen LogP) is 4.11. The van der Waals surface area contributed by atoms with E-state index in [0.717, 1.165) is 21.2 Å². The first-order valence-corrected chi connectivity index (χ1v) is 6.94. The minimum absolute atomic E-state index is 0.376. The molecule has 0 aliphatic rings. The topological polar surface area (TPSA) is 25.8 Å². The lowest BCUT2D eigenvalue weighted by Crippen LogP contribution is -2.00. The Kier molecular flexibility index (Phi) is 5.06. The van der Waals surface area contributed by atoms with Crippen LogP contribution in [0.5, 0.6) is 0 Å². The van der Waals surface area contributed by atoms with Crippen LogP contribution in [-0.2, 0) is 0 Å². The molecule has 2 nitrogen and oxygen atoms in total. The molecule has 4 heteroatoms. The Morgan fingerprint density at radius 2 is 1.93 bits per heavy atom. The molecule has 1 aromatic rings. The normalized spacial score (nSPS) is 11.4. The van der Waals surface area contributed by atoms with Crippen LogP contribution in [0.4, 0.5) is 0 Å². The van der Waals surface area contributed by atoms with Gasteiger partial charge in [0.25, 0.3) is 0 Å². The molecule has 0 aromatic carbocycles. The van der Waals surface area contributed by atoms with Gasteiger partial charge in [0.1, 0.15) is 15.5 Å². The Labute approximate surface area is 104 Å². The van der Waals surface area contributed by atoms with Crippen molar-refractivity contribution in [3.63, 3.8) is 0 Å². The van der Waals surface area contributed by atoms with Crippen LogP contribution in [0.25, 0.3) is 0 Å². The van der Waals surface area contributed by atoms with Crippen molar-refractivity contribution in [2.75, 3.05) is 5.75 Å². The highest BCUT2D eigenvalue weighted by Crippen LogP contribution is 2.23. The third kappa shape index (κ3) is 4.51. The van der Waals surface area contributed by atoms with Crippen LogP contribution >= 0.6 is 27.7 Å². The largest absolute Gasteiger partial charge is 0.226 e. The third-order valence-corrected chi connectivity index (χ3v) is 3.51. The van der Waals surface area contributed by atoms with Crippen LogP contribution in [0.3, 0.4) is 0 Å². The van der Waals surface area contributed by atoms with E-state index in [-0.39, 0.29) is 0 Å². The van der Waals surface area contributed by atoms with Gasteiger partial charge in [-0.2, -0.15) is 0 Å². The molecule has 0 fully saturated rings. The molecular formula is C11H17BrN2S. The molecule has 0 N–H and O–H groups in total. The fourth-order valence-corrected chi connectivity index (χ4v) is 2.41. The molecule has 1 heterocycles. The van der Waals surface area contributed by atoms with Gasteiger partial charge >= 0.3 is 0 Å². The van der Waals surface area contributed by atoms with Crippen LogP contribution in [0.1, 0.15) is 39.4 Å². The van der Waals surface area contributed by atoms with E-state index in [4.69, 9.17) is 0 Å². The summed E-state index contributed by atoms with van der Waals surface area (Å²) in [6, 6.07) is 1.99. The lowest BCUT2D eigenvalue weighted by Gasteiger charge is -2.08. The summed E-state index contributed by atoms with van der Waals surface area (Å²) in [5.41, 5.74) is 0. The second-order valence-electron chi connectivity index (χ2n) is 4.25. The van der Waals surface area contributed by atoms with E-state index in [0.29, 0.717) is 11.8 Å². The molecular weight excluding hydrogens is 272 g/mol. The maximum absolute atomic E-state index is 4.53. The number of rotatable bonds is 4. The Bertz CT molecular complexity index is 326. The summed E-state index contributed by atoms with van der Waals surface area (Å²) < 4.78 is 0.882. The second kappa shape index (κ2) is 5.85. The number of hydrogen-bond donors (Lipinski definition) is 0. The number of aromatic nitrogens is 2. The molecule has 0 amide bonds. The third-order valence-electron chi connectivity index (χ3n) is 1.77. The first kappa shape index (κ1) is 13.0. The minimum atomic E-state index is 0.376. The summed E-state index contributed by atoms with van der Waals surface area (Å²) >= 11 is 5.22. The van der Waals surface area contributed by atoms with Gasteiger partial charge in [-0.1, -0.05) is 27.7 Å². The van der Waals surface area contributed by atoms with Crippen LogP contribution in [0, 0.1) is 5.92 Å². The van der Waals surface area contributed by atoms with Crippen molar-refractivity contribution in [1.29, 1.82) is 0 Å². The van der Waals surface area contributed by atoms with Crippen LogP contribution in [-0.4, -0.2) is 15.7 Å². The Balaban J connectivity index is 2.79. The first-order chi connectivity index (χ1) is 6.99. The molecule has 0 aliphatic carbocycles. The lowest BCUT2D eigenvalue weighted by molar-refractivity contribution is 0.737. The van der Waals surface area contributed by atoms with Gasteiger partial charge in [-0.25, -0.2) is 9.97 Å². The number of nitrogens with zero attached hydrogens (tertiary/aromatic N) is 2. The van der Waals surface area contributed by atoms with Gasteiger partial charge in [-0.05, 0) is 21.8 Å². The summed E-state index contributed by atoms with van der Waals surface area (Å²) in [6.45, 7) is 8.65. The predicted molar refractivity (Wildman–Crippen MR) is 69.4 cm³/mol. The molecule has 0 saturated heterocycles. The number of hydrogen-bond acceptors (Lipinski definition) is 3. The summed E-state index contributed by atoms with van der Waals surface area (Å²) in [6.07, 6.45) is 0. The molecule has 0 atom stereocenters. The molecule has 0 aliphatic heterocycles. The van der Waals surface area contributed by atoms with E-state index in [9.17, 15) is 0 Å². The maximum atomic E-state index is 4.53. The molecule has 0 spiro atoms. The fourth-order valence-electron chi connectivity index (χ4n) is 0.998. The Hall–Kier alpha value is -0.0900. The van der Waals surface area contributed by atoms with E-state index in [1.807, 2.05) is 6.07 Å².